The van der Waals surface area contributed by atoms with Crippen LogP contribution in [0.3, 0.4) is 0 Å². The van der Waals surface area contributed by atoms with Gasteiger partial charge in [0.05, 0.1) is 18.6 Å². The molecule has 5 nitrogen and oxygen atoms in total. The van der Waals surface area contributed by atoms with Gasteiger partial charge in [-0.1, -0.05) is 18.6 Å². The molecule has 0 spiro atoms. The van der Waals surface area contributed by atoms with Gasteiger partial charge in [-0.3, -0.25) is 0 Å². The summed E-state index contributed by atoms with van der Waals surface area (Å²) in [6.07, 6.45) is 2.64. The van der Waals surface area contributed by atoms with E-state index in [-0.39, 0.29) is 16.6 Å². The molecule has 1 atom stereocenters. The Labute approximate surface area is 166 Å². The molecule has 3 rings (SSSR count). The maximum Gasteiger partial charge on any atom is 0.243 e. The van der Waals surface area contributed by atoms with E-state index in [1.807, 2.05) is 24.3 Å². The largest absolute Gasteiger partial charge is 0.497 e. The van der Waals surface area contributed by atoms with Gasteiger partial charge in [-0.05, 0) is 61.6 Å². The Morgan fingerprint density at radius 1 is 1.14 bits per heavy atom. The van der Waals surface area contributed by atoms with Crippen molar-refractivity contribution in [2.45, 2.75) is 37.0 Å². The molecule has 152 valence electrons. The Kier molecular flexibility index (Phi) is 6.57. The highest BCUT2D eigenvalue weighted by Crippen LogP contribution is 2.31. The molecule has 0 saturated carbocycles. The molecular weight excluding hydrogens is 381 g/mol. The van der Waals surface area contributed by atoms with Crippen molar-refractivity contribution in [3.05, 3.63) is 53.8 Å². The molecule has 0 aromatic heterocycles. The number of benzene rings is 2. The fraction of sp³-hybridized carbons (Fsp3) is 0.429. The topological polar surface area (TPSA) is 55.8 Å². The number of rotatable bonds is 6. The predicted octanol–water partition coefficient (Wildman–Crippen LogP) is 4.19. The van der Waals surface area contributed by atoms with E-state index >= 15 is 0 Å². The molecule has 1 saturated heterocycles. The molecule has 2 aromatic carbocycles. The average molecular weight is 408 g/mol. The van der Waals surface area contributed by atoms with Crippen LogP contribution in [0.2, 0.25) is 0 Å². The van der Waals surface area contributed by atoms with Crippen LogP contribution in [0.25, 0.3) is 0 Å². The summed E-state index contributed by atoms with van der Waals surface area (Å²) in [5.74, 6) is 0.264. The smallest absolute Gasteiger partial charge is 0.243 e. The van der Waals surface area contributed by atoms with Crippen molar-refractivity contribution in [1.82, 2.24) is 4.31 Å². The van der Waals surface area contributed by atoms with Gasteiger partial charge < -0.3 is 9.47 Å². The normalized spacial score (nSPS) is 18.5. The summed E-state index contributed by atoms with van der Waals surface area (Å²) in [5, 5.41) is 0. The third-order valence-corrected chi connectivity index (χ3v) is 6.92. The van der Waals surface area contributed by atoms with Crippen LogP contribution < -0.4 is 9.47 Å². The molecule has 1 unspecified atom stereocenters. The van der Waals surface area contributed by atoms with Crippen molar-refractivity contribution in [2.75, 3.05) is 26.8 Å². The summed E-state index contributed by atoms with van der Waals surface area (Å²) in [4.78, 5) is -0.0381. The Morgan fingerprint density at radius 2 is 1.89 bits per heavy atom. The van der Waals surface area contributed by atoms with Crippen LogP contribution in [0.1, 0.15) is 37.7 Å². The van der Waals surface area contributed by atoms with Gasteiger partial charge in [0.15, 0.2) is 11.6 Å². The van der Waals surface area contributed by atoms with Crippen molar-refractivity contribution in [2.24, 2.45) is 0 Å². The Bertz CT molecular complexity index is 899. The van der Waals surface area contributed by atoms with Gasteiger partial charge >= 0.3 is 0 Å². The van der Waals surface area contributed by atoms with Crippen LogP contribution in [0, 0.1) is 5.82 Å². The second-order valence-electron chi connectivity index (χ2n) is 6.85. The number of methoxy groups -OCH3 is 1. The molecule has 1 aliphatic heterocycles. The molecule has 1 heterocycles. The number of sulfonamides is 1. The molecule has 28 heavy (non-hydrogen) atoms. The van der Waals surface area contributed by atoms with Gasteiger partial charge in [0.1, 0.15) is 5.75 Å². The van der Waals surface area contributed by atoms with Crippen molar-refractivity contribution in [1.29, 1.82) is 0 Å². The number of hydrogen-bond donors (Lipinski definition) is 0. The van der Waals surface area contributed by atoms with E-state index in [0.717, 1.165) is 36.6 Å². The van der Waals surface area contributed by atoms with Crippen LogP contribution in [-0.2, 0) is 10.0 Å². The molecule has 1 aliphatic rings. The fourth-order valence-corrected chi connectivity index (χ4v) is 5.07. The van der Waals surface area contributed by atoms with Gasteiger partial charge in [-0.2, -0.15) is 4.31 Å². The Hall–Kier alpha value is -2.12. The highest BCUT2D eigenvalue weighted by molar-refractivity contribution is 7.89. The SMILES string of the molecule is CCOc1ccc(S(=O)(=O)N2CCCCC(c3ccc(OC)cc3)C2)cc1F. The fourth-order valence-electron chi connectivity index (χ4n) is 3.54. The molecule has 0 bridgehead atoms. The summed E-state index contributed by atoms with van der Waals surface area (Å²) in [5.41, 5.74) is 1.08. The van der Waals surface area contributed by atoms with E-state index in [1.165, 1.54) is 16.4 Å². The molecule has 2 aromatic rings. The number of ether oxygens (including phenoxy) is 2. The summed E-state index contributed by atoms with van der Waals surface area (Å²) in [7, 11) is -2.16. The molecule has 7 heteroatoms. The van der Waals surface area contributed by atoms with Crippen molar-refractivity contribution in [3.8, 4) is 11.5 Å². The first kappa shape index (κ1) is 20.6. The predicted molar refractivity (Wildman–Crippen MR) is 106 cm³/mol. The van der Waals surface area contributed by atoms with Crippen molar-refractivity contribution < 1.29 is 22.3 Å². The van der Waals surface area contributed by atoms with E-state index in [0.29, 0.717) is 19.7 Å². The maximum atomic E-state index is 14.2. The third-order valence-electron chi connectivity index (χ3n) is 5.06. The van der Waals surface area contributed by atoms with Crippen molar-refractivity contribution >= 4 is 10.0 Å². The summed E-state index contributed by atoms with van der Waals surface area (Å²) in [6, 6.07) is 11.6. The molecule has 0 aliphatic carbocycles. The highest BCUT2D eigenvalue weighted by atomic mass is 32.2. The first-order chi connectivity index (χ1) is 13.5. The van der Waals surface area contributed by atoms with Crippen LogP contribution in [-0.4, -0.2) is 39.5 Å². The summed E-state index contributed by atoms with van der Waals surface area (Å²) >= 11 is 0. The average Bonchev–Trinajstić information content (AvgIpc) is 2.96. The quantitative estimate of drug-likeness (QED) is 0.720. The Morgan fingerprint density at radius 3 is 2.54 bits per heavy atom. The number of halogens is 1. The minimum Gasteiger partial charge on any atom is -0.497 e. The van der Waals surface area contributed by atoms with E-state index in [2.05, 4.69) is 0 Å². The molecule has 0 radical (unpaired) electrons. The third kappa shape index (κ3) is 4.47. The lowest BCUT2D eigenvalue weighted by Crippen LogP contribution is -2.34. The van der Waals surface area contributed by atoms with Crippen LogP contribution in [0.4, 0.5) is 4.39 Å². The minimum atomic E-state index is -3.78. The lowest BCUT2D eigenvalue weighted by Gasteiger charge is -2.24. The van der Waals surface area contributed by atoms with Gasteiger partial charge in [-0.15, -0.1) is 0 Å². The van der Waals surface area contributed by atoms with E-state index in [4.69, 9.17) is 9.47 Å². The van der Waals surface area contributed by atoms with Crippen LogP contribution >= 0.6 is 0 Å². The zero-order chi connectivity index (χ0) is 20.1. The summed E-state index contributed by atoms with van der Waals surface area (Å²) in [6.45, 7) is 2.88. The van der Waals surface area contributed by atoms with Gasteiger partial charge in [0.25, 0.3) is 0 Å². The van der Waals surface area contributed by atoms with Gasteiger partial charge in [0, 0.05) is 13.1 Å². The van der Waals surface area contributed by atoms with Gasteiger partial charge in [0.2, 0.25) is 10.0 Å². The zero-order valence-corrected chi connectivity index (χ0v) is 17.0. The first-order valence-corrected chi connectivity index (χ1v) is 11.0. The standard InChI is InChI=1S/C21H26FNO4S/c1-3-27-21-12-11-19(14-20(21)22)28(24,25)23-13-5-4-6-17(15-23)16-7-9-18(26-2)10-8-16/h7-12,14,17H,3-6,13,15H2,1-2H3. The molecular formula is C21H26FNO4S. The first-order valence-electron chi connectivity index (χ1n) is 9.52. The van der Waals surface area contributed by atoms with E-state index in [9.17, 15) is 12.8 Å². The lowest BCUT2D eigenvalue weighted by molar-refractivity contribution is 0.321. The zero-order valence-electron chi connectivity index (χ0n) is 16.2. The Balaban J connectivity index is 1.84. The second-order valence-corrected chi connectivity index (χ2v) is 8.79. The van der Waals surface area contributed by atoms with Crippen LogP contribution in [0.15, 0.2) is 47.4 Å². The van der Waals surface area contributed by atoms with E-state index < -0.39 is 15.8 Å². The molecule has 0 N–H and O–H groups in total. The maximum absolute atomic E-state index is 14.2. The minimum absolute atomic E-state index is 0.0381. The number of hydrogen-bond acceptors (Lipinski definition) is 4. The summed E-state index contributed by atoms with van der Waals surface area (Å²) < 4.78 is 52.3. The monoisotopic (exact) mass is 407 g/mol. The van der Waals surface area contributed by atoms with Crippen LogP contribution in [0.5, 0.6) is 11.5 Å². The second kappa shape index (κ2) is 8.92. The van der Waals surface area contributed by atoms with E-state index in [1.54, 1.807) is 14.0 Å². The molecule has 0 amide bonds. The molecule has 1 fully saturated rings. The highest BCUT2D eigenvalue weighted by Gasteiger charge is 2.30. The number of nitrogens with zero attached hydrogens (tertiary/aromatic N) is 1. The van der Waals surface area contributed by atoms with Gasteiger partial charge in [-0.25, -0.2) is 12.8 Å². The van der Waals surface area contributed by atoms with Crippen molar-refractivity contribution in [3.63, 3.8) is 0 Å². The lowest BCUT2D eigenvalue weighted by atomic mass is 9.94.